The average Bonchev–Trinajstić information content (AvgIpc) is 2.60. The topological polar surface area (TPSA) is 44.8 Å². The van der Waals surface area contributed by atoms with Gasteiger partial charge in [0.25, 0.3) is 0 Å². The lowest BCUT2D eigenvalue weighted by atomic mass is 10.1. The number of rotatable bonds is 8. The molecule has 0 aliphatic carbocycles. The highest BCUT2D eigenvalue weighted by Crippen LogP contribution is 2.29. The Balaban J connectivity index is 2.04. The molecule has 0 bridgehead atoms. The Morgan fingerprint density at radius 1 is 0.957 bits per heavy atom. The molecule has 0 fully saturated rings. The molecule has 4 heteroatoms. The lowest BCUT2D eigenvalue weighted by Gasteiger charge is -2.13. The first-order valence-electron chi connectivity index (χ1n) is 7.72. The Hall–Kier alpha value is -2.49. The van der Waals surface area contributed by atoms with Gasteiger partial charge in [-0.1, -0.05) is 36.4 Å². The van der Waals surface area contributed by atoms with Crippen molar-refractivity contribution < 1.29 is 19.0 Å². The number of esters is 1. The fraction of sp³-hybridized carbons (Fsp3) is 0.316. The second kappa shape index (κ2) is 8.83. The van der Waals surface area contributed by atoms with Crippen LogP contribution in [0.5, 0.6) is 11.5 Å². The Morgan fingerprint density at radius 3 is 2.43 bits per heavy atom. The Morgan fingerprint density at radius 2 is 1.74 bits per heavy atom. The lowest BCUT2D eigenvalue weighted by molar-refractivity contribution is -0.140. The van der Waals surface area contributed by atoms with Crippen LogP contribution < -0.4 is 9.47 Å². The zero-order chi connectivity index (χ0) is 16.5. The summed E-state index contributed by atoms with van der Waals surface area (Å²) >= 11 is 0. The summed E-state index contributed by atoms with van der Waals surface area (Å²) in [5.41, 5.74) is 2.12. The lowest BCUT2D eigenvalue weighted by Crippen LogP contribution is -2.03. The molecule has 0 N–H and O–H groups in total. The van der Waals surface area contributed by atoms with Crippen molar-refractivity contribution in [3.05, 3.63) is 59.7 Å². The summed E-state index contributed by atoms with van der Waals surface area (Å²) in [6.07, 6.45) is 0.970. The van der Waals surface area contributed by atoms with Crippen LogP contribution in [-0.4, -0.2) is 19.7 Å². The number of carbonyl (C=O) groups excluding carboxylic acids is 1. The highest BCUT2D eigenvalue weighted by Gasteiger charge is 2.09. The third kappa shape index (κ3) is 5.33. The van der Waals surface area contributed by atoms with Gasteiger partial charge in [-0.25, -0.2) is 0 Å². The molecule has 0 amide bonds. The van der Waals surface area contributed by atoms with E-state index in [2.05, 4.69) is 4.74 Å². The summed E-state index contributed by atoms with van der Waals surface area (Å²) in [7, 11) is 1.40. The zero-order valence-corrected chi connectivity index (χ0v) is 13.6. The zero-order valence-electron chi connectivity index (χ0n) is 13.6. The minimum Gasteiger partial charge on any atom is -0.490 e. The van der Waals surface area contributed by atoms with Crippen molar-refractivity contribution in [3.8, 4) is 11.5 Å². The summed E-state index contributed by atoms with van der Waals surface area (Å²) in [6.45, 7) is 2.98. The molecule has 0 saturated carbocycles. The molecular formula is C19H22O4. The third-order valence-electron chi connectivity index (χ3n) is 3.39. The number of benzene rings is 2. The van der Waals surface area contributed by atoms with E-state index in [-0.39, 0.29) is 5.97 Å². The summed E-state index contributed by atoms with van der Waals surface area (Å²) < 4.78 is 16.2. The van der Waals surface area contributed by atoms with E-state index in [1.165, 1.54) is 7.11 Å². The number of hydrogen-bond donors (Lipinski definition) is 0. The minimum atomic E-state index is -0.215. The average molecular weight is 314 g/mol. The van der Waals surface area contributed by atoms with Crippen LogP contribution in [0.25, 0.3) is 0 Å². The molecule has 0 aliphatic heterocycles. The van der Waals surface area contributed by atoms with Crippen LogP contribution in [0.4, 0.5) is 0 Å². The summed E-state index contributed by atoms with van der Waals surface area (Å²) in [6, 6.07) is 15.7. The second-order valence-corrected chi connectivity index (χ2v) is 5.06. The normalized spacial score (nSPS) is 10.2. The number of methoxy groups -OCH3 is 1. The van der Waals surface area contributed by atoms with Gasteiger partial charge >= 0.3 is 5.97 Å². The first-order chi connectivity index (χ1) is 11.2. The molecule has 2 rings (SSSR count). The number of carbonyl (C=O) groups is 1. The predicted molar refractivity (Wildman–Crippen MR) is 88.7 cm³/mol. The van der Waals surface area contributed by atoms with E-state index in [9.17, 15) is 4.79 Å². The fourth-order valence-electron chi connectivity index (χ4n) is 2.18. The first-order valence-corrected chi connectivity index (χ1v) is 7.72. The summed E-state index contributed by atoms with van der Waals surface area (Å²) in [4.78, 5) is 11.2. The van der Waals surface area contributed by atoms with Crippen molar-refractivity contribution >= 4 is 5.97 Å². The van der Waals surface area contributed by atoms with E-state index in [4.69, 9.17) is 9.47 Å². The van der Waals surface area contributed by atoms with E-state index in [0.29, 0.717) is 37.6 Å². The molecule has 2 aromatic carbocycles. The van der Waals surface area contributed by atoms with Crippen molar-refractivity contribution in [3.63, 3.8) is 0 Å². The molecular weight excluding hydrogens is 292 g/mol. The number of aryl methyl sites for hydroxylation is 1. The van der Waals surface area contributed by atoms with Crippen LogP contribution in [0.2, 0.25) is 0 Å². The highest BCUT2D eigenvalue weighted by molar-refractivity contribution is 5.69. The number of ether oxygens (including phenoxy) is 3. The van der Waals surface area contributed by atoms with Crippen LogP contribution in [-0.2, 0) is 22.6 Å². The van der Waals surface area contributed by atoms with Crippen molar-refractivity contribution in [1.82, 2.24) is 0 Å². The van der Waals surface area contributed by atoms with Crippen molar-refractivity contribution in [1.29, 1.82) is 0 Å². The second-order valence-electron chi connectivity index (χ2n) is 5.06. The van der Waals surface area contributed by atoms with Crippen LogP contribution in [0, 0.1) is 0 Å². The highest BCUT2D eigenvalue weighted by atomic mass is 16.5. The molecule has 0 unspecified atom stereocenters. The monoisotopic (exact) mass is 314 g/mol. The predicted octanol–water partition coefficient (Wildman–Crippen LogP) is 3.77. The van der Waals surface area contributed by atoms with E-state index in [1.54, 1.807) is 0 Å². The Bertz CT molecular complexity index is 623. The van der Waals surface area contributed by atoms with Crippen LogP contribution in [0.15, 0.2) is 48.5 Å². The molecule has 122 valence electrons. The van der Waals surface area contributed by atoms with Crippen LogP contribution >= 0.6 is 0 Å². The van der Waals surface area contributed by atoms with Gasteiger partial charge in [-0.3, -0.25) is 4.79 Å². The van der Waals surface area contributed by atoms with Crippen molar-refractivity contribution in [2.24, 2.45) is 0 Å². The van der Waals surface area contributed by atoms with Gasteiger partial charge in [0.15, 0.2) is 11.5 Å². The molecule has 0 atom stereocenters. The first kappa shape index (κ1) is 16.9. The quantitative estimate of drug-likeness (QED) is 0.696. The van der Waals surface area contributed by atoms with Gasteiger partial charge in [0.05, 0.1) is 13.7 Å². The smallest absolute Gasteiger partial charge is 0.305 e. The van der Waals surface area contributed by atoms with Gasteiger partial charge in [-0.15, -0.1) is 0 Å². The number of hydrogen-bond acceptors (Lipinski definition) is 4. The maximum absolute atomic E-state index is 11.2. The Kier molecular flexibility index (Phi) is 6.48. The van der Waals surface area contributed by atoms with Crippen molar-refractivity contribution in [2.45, 2.75) is 26.4 Å². The molecule has 0 saturated heterocycles. The van der Waals surface area contributed by atoms with E-state index < -0.39 is 0 Å². The molecule has 0 heterocycles. The SMILES string of the molecule is CCOc1cc(CCC(=O)OC)ccc1OCc1ccccc1. The van der Waals surface area contributed by atoms with Gasteiger partial charge in [-0.05, 0) is 36.6 Å². The molecule has 2 aromatic rings. The largest absolute Gasteiger partial charge is 0.490 e. The maximum atomic E-state index is 11.2. The van der Waals surface area contributed by atoms with Crippen LogP contribution in [0.3, 0.4) is 0 Å². The molecule has 0 aromatic heterocycles. The maximum Gasteiger partial charge on any atom is 0.305 e. The summed E-state index contributed by atoms with van der Waals surface area (Å²) in [5.74, 6) is 1.19. The minimum absolute atomic E-state index is 0.215. The molecule has 23 heavy (non-hydrogen) atoms. The summed E-state index contributed by atoms with van der Waals surface area (Å²) in [5, 5.41) is 0. The van der Waals surface area contributed by atoms with Gasteiger partial charge in [0.2, 0.25) is 0 Å². The van der Waals surface area contributed by atoms with E-state index in [1.807, 2.05) is 55.5 Å². The Labute approximate surface area is 137 Å². The van der Waals surface area contributed by atoms with Gasteiger partial charge in [0.1, 0.15) is 6.61 Å². The van der Waals surface area contributed by atoms with Gasteiger partial charge < -0.3 is 14.2 Å². The molecule has 0 radical (unpaired) electrons. The standard InChI is InChI=1S/C19H22O4/c1-3-22-18-13-15(10-12-19(20)21-2)9-11-17(18)23-14-16-7-5-4-6-8-16/h4-9,11,13H,3,10,12,14H2,1-2H3. The van der Waals surface area contributed by atoms with Crippen LogP contribution in [0.1, 0.15) is 24.5 Å². The molecule has 0 spiro atoms. The molecule has 0 aliphatic rings. The van der Waals surface area contributed by atoms with Gasteiger partial charge in [-0.2, -0.15) is 0 Å². The fourth-order valence-corrected chi connectivity index (χ4v) is 2.18. The van der Waals surface area contributed by atoms with E-state index in [0.717, 1.165) is 11.1 Å². The van der Waals surface area contributed by atoms with Crippen molar-refractivity contribution in [2.75, 3.05) is 13.7 Å². The molecule has 4 nitrogen and oxygen atoms in total. The van der Waals surface area contributed by atoms with E-state index >= 15 is 0 Å². The third-order valence-corrected chi connectivity index (χ3v) is 3.39. The van der Waals surface area contributed by atoms with Gasteiger partial charge in [0, 0.05) is 6.42 Å².